The molecule has 3 N–H and O–H groups in total. The maximum absolute atomic E-state index is 12.9. The molecule has 0 radical (unpaired) electrons. The Balaban J connectivity index is 0.00000450. The number of halogens is 2. The van der Waals surface area contributed by atoms with E-state index >= 15 is 0 Å². The molecule has 0 saturated carbocycles. The van der Waals surface area contributed by atoms with Crippen LogP contribution in [0.25, 0.3) is 0 Å². The summed E-state index contributed by atoms with van der Waals surface area (Å²) >= 11 is 0. The Kier molecular flexibility index (Phi) is 11.6. The highest BCUT2D eigenvalue weighted by atomic mass is 127. The molecular formula is C21H28FIN4O3. The fourth-order valence-corrected chi connectivity index (χ4v) is 2.59. The second-order valence-corrected chi connectivity index (χ2v) is 6.12. The van der Waals surface area contributed by atoms with Gasteiger partial charge in [0.05, 0.1) is 14.2 Å². The SMILES string of the molecule is CCNC(=NCC(=O)Nc1ccc(F)cc1)NCCc1ccc(OC)c(OC)c1.I. The van der Waals surface area contributed by atoms with E-state index < -0.39 is 0 Å². The number of guanidine groups is 1. The first kappa shape index (κ1) is 25.5. The maximum Gasteiger partial charge on any atom is 0.246 e. The molecule has 0 fully saturated rings. The Hall–Kier alpha value is -2.56. The van der Waals surface area contributed by atoms with Crippen LogP contribution in [0.15, 0.2) is 47.5 Å². The molecule has 0 aromatic heterocycles. The van der Waals surface area contributed by atoms with Crippen LogP contribution >= 0.6 is 24.0 Å². The molecule has 164 valence electrons. The second kappa shape index (κ2) is 13.6. The van der Waals surface area contributed by atoms with Crippen molar-refractivity contribution in [3.8, 4) is 11.5 Å². The van der Waals surface area contributed by atoms with Crippen molar-refractivity contribution < 1.29 is 18.7 Å². The van der Waals surface area contributed by atoms with Gasteiger partial charge in [-0.25, -0.2) is 9.38 Å². The standard InChI is InChI=1S/C21H27FN4O3.HI/c1-4-23-21(25-14-20(27)26-17-8-6-16(22)7-9-17)24-12-11-15-5-10-18(28-2)19(13-15)29-3;/h5-10,13H,4,11-12,14H2,1-3H3,(H,26,27)(H2,23,24,25);1H. The van der Waals surface area contributed by atoms with Crippen molar-refractivity contribution in [2.24, 2.45) is 4.99 Å². The number of methoxy groups -OCH3 is 2. The van der Waals surface area contributed by atoms with Crippen LogP contribution < -0.4 is 25.4 Å². The van der Waals surface area contributed by atoms with Crippen LogP contribution in [-0.4, -0.2) is 45.7 Å². The summed E-state index contributed by atoms with van der Waals surface area (Å²) in [5, 5.41) is 8.98. The van der Waals surface area contributed by atoms with E-state index in [2.05, 4.69) is 20.9 Å². The summed E-state index contributed by atoms with van der Waals surface area (Å²) in [4.78, 5) is 16.3. The van der Waals surface area contributed by atoms with Gasteiger partial charge in [0, 0.05) is 18.8 Å². The molecule has 30 heavy (non-hydrogen) atoms. The Morgan fingerprint density at radius 2 is 1.73 bits per heavy atom. The molecule has 0 aliphatic heterocycles. The Morgan fingerprint density at radius 3 is 2.37 bits per heavy atom. The number of carbonyl (C=O) groups excluding carboxylic acids is 1. The predicted molar refractivity (Wildman–Crippen MR) is 128 cm³/mol. The van der Waals surface area contributed by atoms with Crippen LogP contribution in [0.3, 0.4) is 0 Å². The van der Waals surface area contributed by atoms with Gasteiger partial charge in [0.1, 0.15) is 12.4 Å². The fourth-order valence-electron chi connectivity index (χ4n) is 2.59. The lowest BCUT2D eigenvalue weighted by Gasteiger charge is -2.13. The zero-order valence-corrected chi connectivity index (χ0v) is 19.7. The van der Waals surface area contributed by atoms with Crippen molar-refractivity contribution in [3.05, 3.63) is 53.8 Å². The number of nitrogens with one attached hydrogen (secondary N) is 3. The van der Waals surface area contributed by atoms with Crippen molar-refractivity contribution in [2.45, 2.75) is 13.3 Å². The summed E-state index contributed by atoms with van der Waals surface area (Å²) < 4.78 is 23.5. The fraction of sp³-hybridized carbons (Fsp3) is 0.333. The van der Waals surface area contributed by atoms with E-state index in [9.17, 15) is 9.18 Å². The third kappa shape index (κ3) is 8.44. The van der Waals surface area contributed by atoms with E-state index in [0.29, 0.717) is 36.2 Å². The number of hydrogen-bond donors (Lipinski definition) is 3. The van der Waals surface area contributed by atoms with Crippen LogP contribution in [0.4, 0.5) is 10.1 Å². The molecule has 0 aliphatic rings. The monoisotopic (exact) mass is 530 g/mol. The topological polar surface area (TPSA) is 84.0 Å². The number of nitrogens with zero attached hydrogens (tertiary/aromatic N) is 1. The van der Waals surface area contributed by atoms with Crippen molar-refractivity contribution in [3.63, 3.8) is 0 Å². The number of benzene rings is 2. The van der Waals surface area contributed by atoms with Gasteiger partial charge in [-0.1, -0.05) is 6.07 Å². The first-order valence-corrected chi connectivity index (χ1v) is 9.34. The van der Waals surface area contributed by atoms with Crippen LogP contribution in [0, 0.1) is 5.82 Å². The largest absolute Gasteiger partial charge is 0.493 e. The van der Waals surface area contributed by atoms with Gasteiger partial charge in [-0.3, -0.25) is 4.79 Å². The Bertz CT molecular complexity index is 832. The molecule has 2 aromatic carbocycles. The number of aliphatic imine (C=N–C) groups is 1. The highest BCUT2D eigenvalue weighted by Gasteiger charge is 2.06. The molecule has 0 spiro atoms. The third-order valence-corrected chi connectivity index (χ3v) is 4.01. The second-order valence-electron chi connectivity index (χ2n) is 6.12. The van der Waals surface area contributed by atoms with Crippen molar-refractivity contribution in [2.75, 3.05) is 39.2 Å². The Morgan fingerprint density at radius 1 is 1.03 bits per heavy atom. The molecule has 7 nitrogen and oxygen atoms in total. The van der Waals surface area contributed by atoms with Crippen molar-refractivity contribution in [1.82, 2.24) is 10.6 Å². The minimum Gasteiger partial charge on any atom is -0.493 e. The zero-order chi connectivity index (χ0) is 21.1. The van der Waals surface area contributed by atoms with Crippen molar-refractivity contribution >= 4 is 41.5 Å². The van der Waals surface area contributed by atoms with Crippen LogP contribution in [0.5, 0.6) is 11.5 Å². The lowest BCUT2D eigenvalue weighted by atomic mass is 10.1. The summed E-state index contributed by atoms with van der Waals surface area (Å²) in [7, 11) is 3.21. The van der Waals surface area contributed by atoms with E-state index in [-0.39, 0.29) is 42.2 Å². The molecule has 2 aromatic rings. The van der Waals surface area contributed by atoms with E-state index in [1.54, 1.807) is 14.2 Å². The lowest BCUT2D eigenvalue weighted by Crippen LogP contribution is -2.39. The number of hydrogen-bond acceptors (Lipinski definition) is 4. The first-order valence-electron chi connectivity index (χ1n) is 9.34. The average molecular weight is 530 g/mol. The van der Waals surface area contributed by atoms with Gasteiger partial charge in [0.15, 0.2) is 17.5 Å². The number of amides is 1. The van der Waals surface area contributed by atoms with Gasteiger partial charge in [-0.05, 0) is 55.3 Å². The minimum atomic E-state index is -0.353. The van der Waals surface area contributed by atoms with Crippen LogP contribution in [0.2, 0.25) is 0 Å². The van der Waals surface area contributed by atoms with Gasteiger partial charge >= 0.3 is 0 Å². The van der Waals surface area contributed by atoms with Crippen molar-refractivity contribution in [1.29, 1.82) is 0 Å². The molecular weight excluding hydrogens is 502 g/mol. The molecule has 0 aliphatic carbocycles. The molecule has 0 unspecified atom stereocenters. The molecule has 0 bridgehead atoms. The van der Waals surface area contributed by atoms with Gasteiger partial charge in [-0.15, -0.1) is 24.0 Å². The zero-order valence-electron chi connectivity index (χ0n) is 17.3. The summed E-state index contributed by atoms with van der Waals surface area (Å²) in [6, 6.07) is 11.4. The maximum atomic E-state index is 12.9. The quantitative estimate of drug-likeness (QED) is 0.264. The van der Waals surface area contributed by atoms with Gasteiger partial charge in [0.25, 0.3) is 0 Å². The number of carbonyl (C=O) groups is 1. The highest BCUT2D eigenvalue weighted by molar-refractivity contribution is 14.0. The minimum absolute atomic E-state index is 0. The molecule has 0 atom stereocenters. The normalized spacial score (nSPS) is 10.6. The third-order valence-electron chi connectivity index (χ3n) is 4.01. The molecule has 0 heterocycles. The van der Waals surface area contributed by atoms with Gasteiger partial charge in [-0.2, -0.15) is 0 Å². The lowest BCUT2D eigenvalue weighted by molar-refractivity contribution is -0.114. The van der Waals surface area contributed by atoms with Crippen LogP contribution in [0.1, 0.15) is 12.5 Å². The van der Waals surface area contributed by atoms with E-state index in [0.717, 1.165) is 12.0 Å². The predicted octanol–water partition coefficient (Wildman–Crippen LogP) is 3.20. The summed E-state index contributed by atoms with van der Waals surface area (Å²) in [5.41, 5.74) is 1.61. The summed E-state index contributed by atoms with van der Waals surface area (Å²) in [5.74, 6) is 1.28. The molecule has 0 saturated heterocycles. The van der Waals surface area contributed by atoms with Crippen LogP contribution in [-0.2, 0) is 11.2 Å². The number of rotatable bonds is 9. The van der Waals surface area contributed by atoms with E-state index in [1.165, 1.54) is 24.3 Å². The first-order chi connectivity index (χ1) is 14.0. The number of ether oxygens (including phenoxy) is 2. The average Bonchev–Trinajstić information content (AvgIpc) is 2.73. The molecule has 9 heteroatoms. The highest BCUT2D eigenvalue weighted by Crippen LogP contribution is 2.27. The van der Waals surface area contributed by atoms with Gasteiger partial charge in [0.2, 0.25) is 5.91 Å². The molecule has 1 amide bonds. The molecule has 2 rings (SSSR count). The smallest absolute Gasteiger partial charge is 0.246 e. The van der Waals surface area contributed by atoms with E-state index in [4.69, 9.17) is 9.47 Å². The number of anilines is 1. The summed E-state index contributed by atoms with van der Waals surface area (Å²) in [6.07, 6.45) is 0.743. The summed E-state index contributed by atoms with van der Waals surface area (Å²) in [6.45, 7) is 3.19. The van der Waals surface area contributed by atoms with E-state index in [1.807, 2.05) is 25.1 Å². The Labute approximate surface area is 193 Å². The van der Waals surface area contributed by atoms with Gasteiger partial charge < -0.3 is 25.4 Å².